The van der Waals surface area contributed by atoms with Crippen molar-refractivity contribution in [1.29, 1.82) is 0 Å². The molecule has 0 bridgehead atoms. The van der Waals surface area contributed by atoms with Gasteiger partial charge in [0, 0.05) is 6.42 Å². The highest BCUT2D eigenvalue weighted by molar-refractivity contribution is 5.76. The highest BCUT2D eigenvalue weighted by Gasteiger charge is 2.27. The smallest absolute Gasteiger partial charge is 0.394 e. The van der Waals surface area contributed by atoms with Gasteiger partial charge < -0.3 is 20.3 Å². The molecule has 0 aromatic heterocycles. The summed E-state index contributed by atoms with van der Waals surface area (Å²) in [4.78, 5) is 11.0. The van der Waals surface area contributed by atoms with Crippen molar-refractivity contribution in [2.24, 2.45) is 0 Å². The second-order valence-electron chi connectivity index (χ2n) is 3.05. The molecule has 0 aliphatic heterocycles. The first-order chi connectivity index (χ1) is 7.39. The lowest BCUT2D eigenvalue weighted by molar-refractivity contribution is -0.174. The number of hydrogen-bond acceptors (Lipinski definition) is 4. The van der Waals surface area contributed by atoms with E-state index in [0.29, 0.717) is 0 Å². The Bertz CT molecular complexity index is 206. The van der Waals surface area contributed by atoms with Crippen LogP contribution in [0.4, 0.5) is 13.2 Å². The highest BCUT2D eigenvalue weighted by atomic mass is 19.4. The number of rotatable bonds is 7. The van der Waals surface area contributed by atoms with Gasteiger partial charge in [0.05, 0.1) is 25.9 Å². The van der Waals surface area contributed by atoms with Gasteiger partial charge in [0.15, 0.2) is 0 Å². The molecular weight excluding hydrogens is 231 g/mol. The Hall–Kier alpha value is -0.860. The molecule has 0 aliphatic carbocycles. The minimum absolute atomic E-state index is 0.257. The molecule has 16 heavy (non-hydrogen) atoms. The largest absolute Gasteiger partial charge is 0.411 e. The number of carbonyl (C=O) groups excluding carboxylic acids is 1. The van der Waals surface area contributed by atoms with Crippen LogP contribution in [0.1, 0.15) is 6.42 Å². The molecule has 0 saturated carbocycles. The Balaban J connectivity index is 3.58. The summed E-state index contributed by atoms with van der Waals surface area (Å²) in [7, 11) is 0. The standard InChI is InChI=1S/C8H14F3NO4/c9-8(10,11)5-16-2-1-7(15)12-6(3-13)4-14/h6,13-14H,1-5H2,(H,12,15). The van der Waals surface area contributed by atoms with Gasteiger partial charge in [0.25, 0.3) is 0 Å². The molecular formula is C8H14F3NO4. The third kappa shape index (κ3) is 8.45. The molecule has 0 radical (unpaired) electrons. The quantitative estimate of drug-likeness (QED) is 0.525. The van der Waals surface area contributed by atoms with Crippen LogP contribution in [-0.4, -0.2) is 54.8 Å². The molecule has 5 nitrogen and oxygen atoms in total. The molecule has 1 amide bonds. The van der Waals surface area contributed by atoms with Crippen molar-refractivity contribution >= 4 is 5.91 Å². The molecule has 0 aromatic rings. The Kier molecular flexibility index (Phi) is 7.02. The van der Waals surface area contributed by atoms with Crippen LogP contribution in [0.2, 0.25) is 0 Å². The minimum atomic E-state index is -4.41. The van der Waals surface area contributed by atoms with Gasteiger partial charge in [0.1, 0.15) is 6.61 Å². The van der Waals surface area contributed by atoms with Crippen LogP contribution in [0.5, 0.6) is 0 Å². The summed E-state index contributed by atoms with van der Waals surface area (Å²) in [5.74, 6) is -0.588. The molecule has 0 rings (SSSR count). The fourth-order valence-electron chi connectivity index (χ4n) is 0.802. The molecule has 96 valence electrons. The van der Waals surface area contributed by atoms with E-state index in [0.717, 1.165) is 0 Å². The average molecular weight is 245 g/mol. The van der Waals surface area contributed by atoms with Crippen molar-refractivity contribution in [3.8, 4) is 0 Å². The van der Waals surface area contributed by atoms with E-state index in [1.807, 2.05) is 0 Å². The normalized spacial score (nSPS) is 11.9. The molecule has 8 heteroatoms. The number of alkyl halides is 3. The number of ether oxygens (including phenoxy) is 1. The maximum Gasteiger partial charge on any atom is 0.411 e. The second kappa shape index (κ2) is 7.42. The van der Waals surface area contributed by atoms with E-state index in [1.54, 1.807) is 0 Å². The molecule has 0 saturated heterocycles. The van der Waals surface area contributed by atoms with Crippen molar-refractivity contribution < 1.29 is 32.9 Å². The summed E-state index contributed by atoms with van der Waals surface area (Å²) in [6, 6.07) is -0.796. The van der Waals surface area contributed by atoms with E-state index < -0.39 is 37.9 Å². The number of carbonyl (C=O) groups is 1. The lowest BCUT2D eigenvalue weighted by atomic mass is 10.3. The second-order valence-corrected chi connectivity index (χ2v) is 3.05. The molecule has 0 unspecified atom stereocenters. The first-order valence-corrected chi connectivity index (χ1v) is 4.54. The monoisotopic (exact) mass is 245 g/mol. The van der Waals surface area contributed by atoms with E-state index in [4.69, 9.17) is 10.2 Å². The Morgan fingerprint density at radius 2 is 1.88 bits per heavy atom. The van der Waals surface area contributed by atoms with Gasteiger partial charge in [-0.1, -0.05) is 0 Å². The predicted molar refractivity (Wildman–Crippen MR) is 47.6 cm³/mol. The number of halogens is 3. The van der Waals surface area contributed by atoms with Gasteiger partial charge in [-0.05, 0) is 0 Å². The fourth-order valence-corrected chi connectivity index (χ4v) is 0.802. The Morgan fingerprint density at radius 1 is 1.31 bits per heavy atom. The average Bonchev–Trinajstić information content (AvgIpc) is 2.19. The van der Waals surface area contributed by atoms with Crippen LogP contribution >= 0.6 is 0 Å². The fraction of sp³-hybridized carbons (Fsp3) is 0.875. The van der Waals surface area contributed by atoms with E-state index in [1.165, 1.54) is 0 Å². The SMILES string of the molecule is O=C(CCOCC(F)(F)F)NC(CO)CO. The molecule has 0 spiro atoms. The topological polar surface area (TPSA) is 78.8 Å². The van der Waals surface area contributed by atoms with Gasteiger partial charge in [0.2, 0.25) is 5.91 Å². The summed E-state index contributed by atoms with van der Waals surface area (Å²) < 4.78 is 39.0. The summed E-state index contributed by atoms with van der Waals surface area (Å²) in [5, 5.41) is 19.4. The molecule has 0 fully saturated rings. The molecule has 0 heterocycles. The third-order valence-electron chi connectivity index (χ3n) is 1.55. The van der Waals surface area contributed by atoms with Crippen LogP contribution in [0.15, 0.2) is 0 Å². The predicted octanol–water partition coefficient (Wildman–Crippen LogP) is -0.575. The van der Waals surface area contributed by atoms with Crippen molar-refractivity contribution in [2.75, 3.05) is 26.4 Å². The number of nitrogens with one attached hydrogen (secondary N) is 1. The lowest BCUT2D eigenvalue weighted by Crippen LogP contribution is -2.40. The van der Waals surface area contributed by atoms with Gasteiger partial charge in [-0.3, -0.25) is 4.79 Å². The molecule has 0 aromatic carbocycles. The van der Waals surface area contributed by atoms with Crippen LogP contribution in [0.3, 0.4) is 0 Å². The highest BCUT2D eigenvalue weighted by Crippen LogP contribution is 2.14. The van der Waals surface area contributed by atoms with Gasteiger partial charge in [-0.25, -0.2) is 0 Å². The van der Waals surface area contributed by atoms with Crippen LogP contribution in [-0.2, 0) is 9.53 Å². The van der Waals surface area contributed by atoms with Crippen molar-refractivity contribution in [1.82, 2.24) is 5.32 Å². The number of hydrogen-bond donors (Lipinski definition) is 3. The zero-order chi connectivity index (χ0) is 12.6. The summed E-state index contributed by atoms with van der Waals surface area (Å²) in [6.07, 6.45) is -4.66. The summed E-state index contributed by atoms with van der Waals surface area (Å²) >= 11 is 0. The van der Waals surface area contributed by atoms with Gasteiger partial charge >= 0.3 is 6.18 Å². The zero-order valence-corrected chi connectivity index (χ0v) is 8.46. The van der Waals surface area contributed by atoms with Crippen LogP contribution in [0.25, 0.3) is 0 Å². The van der Waals surface area contributed by atoms with Gasteiger partial charge in [-0.15, -0.1) is 0 Å². The maximum atomic E-state index is 11.6. The maximum absolute atomic E-state index is 11.6. The van der Waals surface area contributed by atoms with E-state index in [9.17, 15) is 18.0 Å². The zero-order valence-electron chi connectivity index (χ0n) is 8.46. The van der Waals surface area contributed by atoms with Crippen molar-refractivity contribution in [3.05, 3.63) is 0 Å². The molecule has 3 N–H and O–H groups in total. The van der Waals surface area contributed by atoms with Crippen molar-refractivity contribution in [3.63, 3.8) is 0 Å². The van der Waals surface area contributed by atoms with Crippen LogP contribution < -0.4 is 5.32 Å². The lowest BCUT2D eigenvalue weighted by Gasteiger charge is -2.13. The Labute approximate surface area is 90.2 Å². The van der Waals surface area contributed by atoms with E-state index in [-0.39, 0.29) is 13.0 Å². The summed E-state index contributed by atoms with van der Waals surface area (Å²) in [6.45, 7) is -2.64. The molecule has 0 aliphatic rings. The third-order valence-corrected chi connectivity index (χ3v) is 1.55. The number of aliphatic hydroxyl groups is 2. The van der Waals surface area contributed by atoms with E-state index >= 15 is 0 Å². The van der Waals surface area contributed by atoms with E-state index in [2.05, 4.69) is 10.1 Å². The minimum Gasteiger partial charge on any atom is -0.394 e. The first-order valence-electron chi connectivity index (χ1n) is 4.54. The molecule has 0 atom stereocenters. The first kappa shape index (κ1) is 15.1. The van der Waals surface area contributed by atoms with Crippen molar-refractivity contribution in [2.45, 2.75) is 18.6 Å². The number of amides is 1. The Morgan fingerprint density at radius 3 is 2.31 bits per heavy atom. The van der Waals surface area contributed by atoms with Gasteiger partial charge in [-0.2, -0.15) is 13.2 Å². The summed E-state index contributed by atoms with van der Waals surface area (Å²) in [5.41, 5.74) is 0. The number of aliphatic hydroxyl groups excluding tert-OH is 2. The van der Waals surface area contributed by atoms with Crippen LogP contribution in [0, 0.1) is 0 Å².